The molecule has 102 valence electrons. The molecule has 0 saturated carbocycles. The zero-order valence-electron chi connectivity index (χ0n) is 10.0. The van der Waals surface area contributed by atoms with Gasteiger partial charge in [0.1, 0.15) is 5.75 Å². The Bertz CT molecular complexity index is 660. The Kier molecular flexibility index (Phi) is 4.55. The molecule has 20 heavy (non-hydrogen) atoms. The zero-order valence-corrected chi connectivity index (χ0v) is 11.6. The van der Waals surface area contributed by atoms with Crippen LogP contribution in [0.1, 0.15) is 15.9 Å². The number of aromatic nitrogens is 1. The molecule has 0 atom stereocenters. The maximum atomic E-state index is 11.8. The average molecular weight is 310 g/mol. The average Bonchev–Trinajstić information content (AvgIpc) is 2.44. The molecule has 5 nitrogen and oxygen atoms in total. The molecule has 1 aromatic carbocycles. The minimum Gasteiger partial charge on any atom is -0.506 e. The number of phenols is 1. The van der Waals surface area contributed by atoms with Gasteiger partial charge in [-0.3, -0.25) is 9.78 Å². The first kappa shape index (κ1) is 14.3. The van der Waals surface area contributed by atoms with Gasteiger partial charge in [-0.25, -0.2) is 5.43 Å². The second kappa shape index (κ2) is 6.36. The molecule has 2 aromatic rings. The normalized spacial score (nSPS) is 10.7. The predicted octanol–water partition coefficient (Wildman–Crippen LogP) is 2.86. The van der Waals surface area contributed by atoms with Gasteiger partial charge in [0, 0.05) is 17.4 Å². The highest BCUT2D eigenvalue weighted by atomic mass is 35.5. The predicted molar refractivity (Wildman–Crippen MR) is 77.4 cm³/mol. The SMILES string of the molecule is O=C(N/N=C/c1ccncc1)c1cc(Cl)cc(Cl)c1O. The van der Waals surface area contributed by atoms with Crippen LogP contribution in [-0.2, 0) is 0 Å². The number of phenolic OH excluding ortho intramolecular Hbond substituents is 1. The Morgan fingerprint density at radius 2 is 2.00 bits per heavy atom. The van der Waals surface area contributed by atoms with Crippen molar-refractivity contribution in [3.8, 4) is 5.75 Å². The van der Waals surface area contributed by atoms with E-state index in [4.69, 9.17) is 23.2 Å². The van der Waals surface area contributed by atoms with E-state index in [0.29, 0.717) is 0 Å². The van der Waals surface area contributed by atoms with E-state index < -0.39 is 5.91 Å². The molecule has 0 fully saturated rings. The number of nitrogens with zero attached hydrogens (tertiary/aromatic N) is 2. The molecule has 0 unspecified atom stereocenters. The number of carbonyl (C=O) groups is 1. The first-order chi connectivity index (χ1) is 9.58. The second-order valence-electron chi connectivity index (χ2n) is 3.76. The van der Waals surface area contributed by atoms with Crippen molar-refractivity contribution < 1.29 is 9.90 Å². The summed E-state index contributed by atoms with van der Waals surface area (Å²) >= 11 is 11.5. The van der Waals surface area contributed by atoms with Crippen LogP contribution in [0.4, 0.5) is 0 Å². The molecule has 1 amide bonds. The number of benzene rings is 1. The number of amides is 1. The summed E-state index contributed by atoms with van der Waals surface area (Å²) in [4.78, 5) is 15.7. The fourth-order valence-electron chi connectivity index (χ4n) is 1.41. The Morgan fingerprint density at radius 3 is 2.70 bits per heavy atom. The van der Waals surface area contributed by atoms with Crippen molar-refractivity contribution in [3.63, 3.8) is 0 Å². The van der Waals surface area contributed by atoms with Crippen molar-refractivity contribution >= 4 is 35.3 Å². The number of carbonyl (C=O) groups excluding carboxylic acids is 1. The molecule has 1 heterocycles. The van der Waals surface area contributed by atoms with Gasteiger partial charge in [0.05, 0.1) is 16.8 Å². The summed E-state index contributed by atoms with van der Waals surface area (Å²) < 4.78 is 0. The Balaban J connectivity index is 2.11. The number of hydrazone groups is 1. The molecule has 0 aliphatic heterocycles. The van der Waals surface area contributed by atoms with Gasteiger partial charge in [0.15, 0.2) is 0 Å². The van der Waals surface area contributed by atoms with E-state index in [1.165, 1.54) is 18.3 Å². The summed E-state index contributed by atoms with van der Waals surface area (Å²) in [6.07, 6.45) is 4.65. The maximum Gasteiger partial charge on any atom is 0.275 e. The fourth-order valence-corrected chi connectivity index (χ4v) is 1.91. The van der Waals surface area contributed by atoms with Crippen molar-refractivity contribution in [2.45, 2.75) is 0 Å². The third-order valence-corrected chi connectivity index (χ3v) is 2.86. The molecule has 0 aliphatic carbocycles. The summed E-state index contributed by atoms with van der Waals surface area (Å²) in [6.45, 7) is 0. The summed E-state index contributed by atoms with van der Waals surface area (Å²) in [5.74, 6) is -0.954. The largest absolute Gasteiger partial charge is 0.506 e. The monoisotopic (exact) mass is 309 g/mol. The molecule has 0 spiro atoms. The lowest BCUT2D eigenvalue weighted by molar-refractivity contribution is 0.0952. The third kappa shape index (κ3) is 3.46. The van der Waals surface area contributed by atoms with E-state index in [0.717, 1.165) is 5.56 Å². The molecule has 0 aliphatic rings. The van der Waals surface area contributed by atoms with Crippen LogP contribution in [0.15, 0.2) is 41.8 Å². The van der Waals surface area contributed by atoms with Crippen LogP contribution in [-0.4, -0.2) is 22.2 Å². The highest BCUT2D eigenvalue weighted by Gasteiger charge is 2.14. The smallest absolute Gasteiger partial charge is 0.275 e. The van der Waals surface area contributed by atoms with Gasteiger partial charge in [-0.05, 0) is 29.8 Å². The molecule has 7 heteroatoms. The number of rotatable bonds is 3. The van der Waals surface area contributed by atoms with Gasteiger partial charge >= 0.3 is 0 Å². The summed E-state index contributed by atoms with van der Waals surface area (Å²) in [6, 6.07) is 6.10. The van der Waals surface area contributed by atoms with E-state index in [2.05, 4.69) is 15.5 Å². The number of aromatic hydroxyl groups is 1. The first-order valence-corrected chi connectivity index (χ1v) is 6.25. The summed E-state index contributed by atoms with van der Waals surface area (Å²) in [5, 5.41) is 13.7. The minimum atomic E-state index is -0.614. The topological polar surface area (TPSA) is 74.6 Å². The van der Waals surface area contributed by atoms with Crippen LogP contribution in [0.25, 0.3) is 0 Å². The van der Waals surface area contributed by atoms with Crippen molar-refractivity contribution in [1.29, 1.82) is 0 Å². The number of nitrogens with one attached hydrogen (secondary N) is 1. The van der Waals surface area contributed by atoms with Crippen LogP contribution in [0.3, 0.4) is 0 Å². The van der Waals surface area contributed by atoms with E-state index in [-0.39, 0.29) is 21.4 Å². The van der Waals surface area contributed by atoms with Gasteiger partial charge in [0.25, 0.3) is 5.91 Å². The lowest BCUT2D eigenvalue weighted by atomic mass is 10.2. The van der Waals surface area contributed by atoms with Crippen LogP contribution in [0.5, 0.6) is 5.75 Å². The van der Waals surface area contributed by atoms with Crippen LogP contribution in [0, 0.1) is 0 Å². The first-order valence-electron chi connectivity index (χ1n) is 5.49. The van der Waals surface area contributed by atoms with Gasteiger partial charge in [-0.15, -0.1) is 0 Å². The van der Waals surface area contributed by atoms with Gasteiger partial charge < -0.3 is 5.11 Å². The highest BCUT2D eigenvalue weighted by molar-refractivity contribution is 6.36. The third-order valence-electron chi connectivity index (χ3n) is 2.36. The fraction of sp³-hybridized carbons (Fsp3) is 0. The van der Waals surface area contributed by atoms with Crippen molar-refractivity contribution in [3.05, 3.63) is 57.8 Å². The maximum absolute atomic E-state index is 11.8. The Hall–Kier alpha value is -2.11. The standard InChI is InChI=1S/C13H9Cl2N3O2/c14-9-5-10(12(19)11(15)6-9)13(20)18-17-7-8-1-3-16-4-2-8/h1-7,19H,(H,18,20)/b17-7+. The molecular weight excluding hydrogens is 301 g/mol. The van der Waals surface area contributed by atoms with Gasteiger partial charge in [0.2, 0.25) is 0 Å². The Morgan fingerprint density at radius 1 is 1.30 bits per heavy atom. The molecule has 0 saturated heterocycles. The van der Waals surface area contributed by atoms with Gasteiger partial charge in [-0.1, -0.05) is 23.2 Å². The Labute approximate surface area is 124 Å². The number of hydrogen-bond donors (Lipinski definition) is 2. The van der Waals surface area contributed by atoms with E-state index in [1.54, 1.807) is 24.5 Å². The van der Waals surface area contributed by atoms with E-state index in [9.17, 15) is 9.90 Å². The molecule has 2 N–H and O–H groups in total. The van der Waals surface area contributed by atoms with Crippen LogP contribution < -0.4 is 5.43 Å². The quantitative estimate of drug-likeness (QED) is 0.676. The zero-order chi connectivity index (χ0) is 14.5. The number of pyridine rings is 1. The summed E-state index contributed by atoms with van der Waals surface area (Å²) in [5.41, 5.74) is 3.00. The summed E-state index contributed by atoms with van der Waals surface area (Å²) in [7, 11) is 0. The van der Waals surface area contributed by atoms with Gasteiger partial charge in [-0.2, -0.15) is 5.10 Å². The number of hydrogen-bond acceptors (Lipinski definition) is 4. The lowest BCUT2D eigenvalue weighted by Crippen LogP contribution is -2.17. The van der Waals surface area contributed by atoms with Crippen molar-refractivity contribution in [2.75, 3.05) is 0 Å². The molecule has 1 aromatic heterocycles. The molecular formula is C13H9Cl2N3O2. The van der Waals surface area contributed by atoms with Crippen molar-refractivity contribution in [1.82, 2.24) is 10.4 Å². The van der Waals surface area contributed by atoms with Crippen LogP contribution >= 0.6 is 23.2 Å². The number of halogens is 2. The van der Waals surface area contributed by atoms with Crippen molar-refractivity contribution in [2.24, 2.45) is 5.10 Å². The van der Waals surface area contributed by atoms with E-state index in [1.807, 2.05) is 0 Å². The van der Waals surface area contributed by atoms with Crippen LogP contribution in [0.2, 0.25) is 10.0 Å². The second-order valence-corrected chi connectivity index (χ2v) is 4.61. The minimum absolute atomic E-state index is 0.000707. The van der Waals surface area contributed by atoms with E-state index >= 15 is 0 Å². The lowest BCUT2D eigenvalue weighted by Gasteiger charge is -2.05. The highest BCUT2D eigenvalue weighted by Crippen LogP contribution is 2.30. The molecule has 0 bridgehead atoms. The molecule has 0 radical (unpaired) electrons. The molecule has 2 rings (SSSR count).